The lowest BCUT2D eigenvalue weighted by atomic mass is 9.93. The first-order valence-corrected chi connectivity index (χ1v) is 9.77. The van der Waals surface area contributed by atoms with Gasteiger partial charge in [-0.15, -0.1) is 0 Å². The normalized spacial score (nSPS) is 19.2. The van der Waals surface area contributed by atoms with Gasteiger partial charge in [-0.1, -0.05) is 44.2 Å². The van der Waals surface area contributed by atoms with Crippen LogP contribution < -0.4 is 10.6 Å². The molecule has 1 saturated heterocycles. The predicted octanol–water partition coefficient (Wildman–Crippen LogP) is 2.40. The lowest BCUT2D eigenvalue weighted by Gasteiger charge is -2.30. The number of aliphatic imine (C=N–C) groups is 1. The highest BCUT2D eigenvalue weighted by molar-refractivity contribution is 5.79. The zero-order chi connectivity index (χ0) is 19.0. The number of benzene rings is 1. The van der Waals surface area contributed by atoms with E-state index < -0.39 is 0 Å². The Labute approximate surface area is 159 Å². The van der Waals surface area contributed by atoms with Crippen LogP contribution in [0, 0.1) is 5.41 Å². The summed E-state index contributed by atoms with van der Waals surface area (Å²) in [5, 5.41) is 7.03. The van der Waals surface area contributed by atoms with Gasteiger partial charge in [0, 0.05) is 39.3 Å². The van der Waals surface area contributed by atoms with E-state index in [4.69, 9.17) is 0 Å². The molecule has 1 aliphatic heterocycles. The molecule has 1 heterocycles. The van der Waals surface area contributed by atoms with Crippen LogP contribution in [0.4, 0.5) is 0 Å². The number of likely N-dealkylation sites (tertiary alicyclic amines) is 1. The van der Waals surface area contributed by atoms with Crippen molar-refractivity contribution in [2.24, 2.45) is 10.4 Å². The molecule has 1 unspecified atom stereocenters. The zero-order valence-electron chi connectivity index (χ0n) is 17.3. The highest BCUT2D eigenvalue weighted by Crippen LogP contribution is 2.19. The van der Waals surface area contributed by atoms with E-state index in [9.17, 15) is 0 Å². The number of hydrogen-bond acceptors (Lipinski definition) is 3. The maximum Gasteiger partial charge on any atom is 0.191 e. The van der Waals surface area contributed by atoms with Crippen LogP contribution in [0.2, 0.25) is 0 Å². The van der Waals surface area contributed by atoms with Gasteiger partial charge in [-0.2, -0.15) is 0 Å². The van der Waals surface area contributed by atoms with Crippen molar-refractivity contribution < 1.29 is 0 Å². The van der Waals surface area contributed by atoms with Crippen molar-refractivity contribution in [3.05, 3.63) is 35.9 Å². The van der Waals surface area contributed by atoms with Gasteiger partial charge in [0.2, 0.25) is 0 Å². The van der Waals surface area contributed by atoms with Gasteiger partial charge in [-0.3, -0.25) is 9.89 Å². The van der Waals surface area contributed by atoms with E-state index in [2.05, 4.69) is 83.7 Å². The fourth-order valence-electron chi connectivity index (χ4n) is 3.82. The molecule has 0 spiro atoms. The van der Waals surface area contributed by atoms with E-state index in [1.54, 1.807) is 0 Å². The smallest absolute Gasteiger partial charge is 0.191 e. The van der Waals surface area contributed by atoms with Crippen LogP contribution in [0.3, 0.4) is 0 Å². The third kappa shape index (κ3) is 6.96. The Morgan fingerprint density at radius 1 is 1.23 bits per heavy atom. The van der Waals surface area contributed by atoms with Gasteiger partial charge < -0.3 is 15.5 Å². The maximum atomic E-state index is 4.40. The first kappa shape index (κ1) is 20.7. The second-order valence-corrected chi connectivity index (χ2v) is 8.46. The minimum atomic E-state index is 0.202. The topological polar surface area (TPSA) is 42.9 Å². The lowest BCUT2D eigenvalue weighted by Crippen LogP contribution is -2.48. The maximum absolute atomic E-state index is 4.40. The third-order valence-electron chi connectivity index (χ3n) is 4.93. The van der Waals surface area contributed by atoms with Gasteiger partial charge in [0.1, 0.15) is 0 Å². The molecule has 1 atom stereocenters. The molecule has 1 aliphatic rings. The Hall–Kier alpha value is -1.59. The monoisotopic (exact) mass is 359 g/mol. The molecule has 0 radical (unpaired) electrons. The molecule has 1 aromatic carbocycles. The molecule has 1 fully saturated rings. The van der Waals surface area contributed by atoms with E-state index >= 15 is 0 Å². The quantitative estimate of drug-likeness (QED) is 0.553. The Bertz CT molecular complexity index is 553. The largest absolute Gasteiger partial charge is 0.356 e. The van der Waals surface area contributed by atoms with Gasteiger partial charge >= 0.3 is 0 Å². The molecule has 2 N–H and O–H groups in total. The van der Waals surface area contributed by atoms with E-state index in [0.717, 1.165) is 32.1 Å². The van der Waals surface area contributed by atoms with Gasteiger partial charge in [-0.05, 0) is 44.5 Å². The van der Waals surface area contributed by atoms with Crippen LogP contribution in [0.5, 0.6) is 0 Å². The van der Waals surface area contributed by atoms with Crippen molar-refractivity contribution >= 4 is 5.96 Å². The third-order valence-corrected chi connectivity index (χ3v) is 4.93. The molecule has 26 heavy (non-hydrogen) atoms. The predicted molar refractivity (Wildman–Crippen MR) is 112 cm³/mol. The first-order chi connectivity index (χ1) is 12.4. The summed E-state index contributed by atoms with van der Waals surface area (Å²) in [7, 11) is 6.09. The Morgan fingerprint density at radius 2 is 1.96 bits per heavy atom. The molecule has 0 aromatic heterocycles. The van der Waals surface area contributed by atoms with Crippen molar-refractivity contribution in [1.29, 1.82) is 0 Å². The van der Waals surface area contributed by atoms with Crippen LogP contribution >= 0.6 is 0 Å². The second kappa shape index (κ2) is 9.93. The minimum absolute atomic E-state index is 0.202. The fourth-order valence-corrected chi connectivity index (χ4v) is 3.82. The Morgan fingerprint density at radius 3 is 2.62 bits per heavy atom. The second-order valence-electron chi connectivity index (χ2n) is 8.46. The zero-order valence-corrected chi connectivity index (χ0v) is 17.3. The first-order valence-electron chi connectivity index (χ1n) is 9.77. The summed E-state index contributed by atoms with van der Waals surface area (Å²) < 4.78 is 0. The van der Waals surface area contributed by atoms with Crippen molar-refractivity contribution in [2.45, 2.75) is 39.3 Å². The molecule has 5 nitrogen and oxygen atoms in total. The number of nitrogens with zero attached hydrogens (tertiary/aromatic N) is 3. The van der Waals surface area contributed by atoms with Gasteiger partial charge in [0.05, 0.1) is 0 Å². The Balaban J connectivity index is 1.80. The van der Waals surface area contributed by atoms with Gasteiger partial charge in [-0.25, -0.2) is 0 Å². The molecule has 146 valence electrons. The molecule has 0 aliphatic carbocycles. The molecule has 0 saturated carbocycles. The van der Waals surface area contributed by atoms with E-state index in [-0.39, 0.29) is 5.41 Å². The van der Waals surface area contributed by atoms with Crippen molar-refractivity contribution in [1.82, 2.24) is 20.4 Å². The van der Waals surface area contributed by atoms with Crippen molar-refractivity contribution in [3.63, 3.8) is 0 Å². The average Bonchev–Trinajstić information content (AvgIpc) is 3.02. The lowest BCUT2D eigenvalue weighted by molar-refractivity contribution is 0.238. The standard InChI is InChI=1S/C21H37N5/c1-21(2,17-25(4)5)16-24-20(22-3)23-14-19-12-9-13-26(19)15-18-10-7-6-8-11-18/h6-8,10-11,19H,9,12-17H2,1-5H3,(H2,22,23,24). The van der Waals surface area contributed by atoms with Crippen LogP contribution in [-0.4, -0.2) is 69.1 Å². The van der Waals surface area contributed by atoms with Gasteiger partial charge in [0.15, 0.2) is 5.96 Å². The van der Waals surface area contributed by atoms with Crippen molar-refractivity contribution in [2.75, 3.05) is 47.3 Å². The average molecular weight is 360 g/mol. The SMILES string of the molecule is CN=C(NCC1CCCN1Cc1ccccc1)NCC(C)(C)CN(C)C. The van der Waals surface area contributed by atoms with Gasteiger partial charge in [0.25, 0.3) is 0 Å². The van der Waals surface area contributed by atoms with Crippen LogP contribution in [0.15, 0.2) is 35.3 Å². The van der Waals surface area contributed by atoms with Crippen molar-refractivity contribution in [3.8, 4) is 0 Å². The molecular weight excluding hydrogens is 322 g/mol. The molecule has 0 amide bonds. The van der Waals surface area contributed by atoms with E-state index in [0.29, 0.717) is 6.04 Å². The highest BCUT2D eigenvalue weighted by atomic mass is 15.2. The van der Waals surface area contributed by atoms with Crippen LogP contribution in [0.25, 0.3) is 0 Å². The van der Waals surface area contributed by atoms with Crippen LogP contribution in [-0.2, 0) is 6.54 Å². The van der Waals surface area contributed by atoms with Crippen LogP contribution in [0.1, 0.15) is 32.3 Å². The Kier molecular flexibility index (Phi) is 7.91. The van der Waals surface area contributed by atoms with E-state index in [1.165, 1.54) is 24.9 Å². The molecule has 0 bridgehead atoms. The summed E-state index contributed by atoms with van der Waals surface area (Å²) in [6.07, 6.45) is 2.53. The molecular formula is C21H37N5. The van der Waals surface area contributed by atoms with E-state index in [1.807, 2.05) is 7.05 Å². The minimum Gasteiger partial charge on any atom is -0.356 e. The number of rotatable bonds is 8. The molecule has 1 aromatic rings. The fraction of sp³-hybridized carbons (Fsp3) is 0.667. The summed E-state index contributed by atoms with van der Waals surface area (Å²) in [6.45, 7) is 9.68. The summed E-state index contributed by atoms with van der Waals surface area (Å²) in [5.41, 5.74) is 1.60. The number of guanidine groups is 1. The number of nitrogens with one attached hydrogen (secondary N) is 2. The number of hydrogen-bond donors (Lipinski definition) is 2. The summed E-state index contributed by atoms with van der Waals surface area (Å²) in [5.74, 6) is 0.906. The summed E-state index contributed by atoms with van der Waals surface area (Å²) in [4.78, 5) is 9.23. The molecule has 5 heteroatoms. The summed E-state index contributed by atoms with van der Waals surface area (Å²) in [6, 6.07) is 11.3. The summed E-state index contributed by atoms with van der Waals surface area (Å²) >= 11 is 0. The highest BCUT2D eigenvalue weighted by Gasteiger charge is 2.25. The molecule has 2 rings (SSSR count).